The summed E-state index contributed by atoms with van der Waals surface area (Å²) >= 11 is 9.53. The van der Waals surface area contributed by atoms with Gasteiger partial charge in [-0.15, -0.1) is 23.2 Å². The largest absolute Gasteiger partial charge is 0.476 e. The number of aromatic carboxylic acids is 2. The van der Waals surface area contributed by atoms with Gasteiger partial charge in [-0.05, 0) is 86.3 Å². The summed E-state index contributed by atoms with van der Waals surface area (Å²) in [6.45, 7) is 0. The number of nitrogens with zero attached hydrogens (tertiary/aromatic N) is 4. The number of halogens is 8. The number of aromatic nitrogens is 4. The molecule has 2 aliphatic carbocycles. The number of carbonyl (C=O) groups is 2. The Kier molecular flexibility index (Phi) is 10.2. The van der Waals surface area contributed by atoms with Crippen LogP contribution in [0.2, 0.25) is 0 Å². The quantitative estimate of drug-likeness (QED) is 0.157. The molecule has 16 heteroatoms. The van der Waals surface area contributed by atoms with Crippen molar-refractivity contribution in [3.8, 4) is 11.4 Å². The maximum atomic E-state index is 12.5. The zero-order valence-electron chi connectivity index (χ0n) is 23.0. The first kappa shape index (κ1) is 33.8. The Morgan fingerprint density at radius 3 is 1.18 bits per heavy atom. The molecule has 2 aliphatic rings. The zero-order chi connectivity index (χ0) is 33.1. The van der Waals surface area contributed by atoms with Crippen LogP contribution in [0, 0.1) is 0 Å². The summed E-state index contributed by atoms with van der Waals surface area (Å²) in [6, 6.07) is 12.0. The number of carboxylic acids is 2. The topological polar surface area (TPSA) is 110 Å². The van der Waals surface area contributed by atoms with Gasteiger partial charge in [-0.1, -0.05) is 0 Å². The van der Waals surface area contributed by atoms with Crippen molar-refractivity contribution < 1.29 is 46.1 Å². The third-order valence-corrected chi connectivity index (χ3v) is 6.78. The molecule has 2 aromatic heterocycles. The Hall–Kier alpha value is -4.04. The van der Waals surface area contributed by atoms with Crippen molar-refractivity contribution in [2.24, 2.45) is 0 Å². The van der Waals surface area contributed by atoms with E-state index in [1.54, 1.807) is 0 Å². The molecule has 2 fully saturated rings. The molecule has 0 unspecified atom stereocenters. The third kappa shape index (κ3) is 8.57. The van der Waals surface area contributed by atoms with Crippen LogP contribution in [0.3, 0.4) is 0 Å². The molecule has 0 radical (unpaired) electrons. The Balaban J connectivity index is 0.000000189. The highest BCUT2D eigenvalue weighted by Crippen LogP contribution is 2.42. The number of benzene rings is 2. The van der Waals surface area contributed by atoms with Crippen molar-refractivity contribution in [3.05, 3.63) is 94.6 Å². The normalized spacial score (nSPS) is 14.6. The second-order valence-corrected chi connectivity index (χ2v) is 10.9. The Bertz CT molecular complexity index is 1520. The van der Waals surface area contributed by atoms with Gasteiger partial charge >= 0.3 is 24.3 Å². The fourth-order valence-corrected chi connectivity index (χ4v) is 4.34. The molecule has 0 spiro atoms. The standard InChI is InChI=1S/2C14H11F3N2O2.CH2Cl2/c2*15-14(16,17)9-3-5-10(6-4-9)19-12(8-1-2-8)7-11(18-19)13(20)21;2-1-3/h2*3-8H,1-2H2,(H,20,21);1H2. The van der Waals surface area contributed by atoms with Crippen molar-refractivity contribution in [1.82, 2.24) is 19.6 Å². The van der Waals surface area contributed by atoms with Crippen molar-refractivity contribution in [1.29, 1.82) is 0 Å². The van der Waals surface area contributed by atoms with Crippen LogP contribution in [-0.4, -0.2) is 47.1 Å². The lowest BCUT2D eigenvalue weighted by Gasteiger charge is -2.09. The molecule has 2 aromatic carbocycles. The minimum Gasteiger partial charge on any atom is -0.476 e. The van der Waals surface area contributed by atoms with Gasteiger partial charge in [0.05, 0.1) is 27.8 Å². The van der Waals surface area contributed by atoms with Gasteiger partial charge in [-0.3, -0.25) is 0 Å². The van der Waals surface area contributed by atoms with E-state index in [2.05, 4.69) is 10.2 Å². The Morgan fingerprint density at radius 2 is 0.956 bits per heavy atom. The van der Waals surface area contributed by atoms with Crippen LogP contribution >= 0.6 is 23.2 Å². The van der Waals surface area contributed by atoms with Gasteiger partial charge in [0.2, 0.25) is 0 Å². The van der Waals surface area contributed by atoms with E-state index in [0.29, 0.717) is 11.4 Å². The highest BCUT2D eigenvalue weighted by molar-refractivity contribution is 6.40. The first-order valence-corrected chi connectivity index (χ1v) is 14.3. The Morgan fingerprint density at radius 1 is 0.667 bits per heavy atom. The predicted molar refractivity (Wildman–Crippen MR) is 152 cm³/mol. The number of hydrogen-bond acceptors (Lipinski definition) is 4. The summed E-state index contributed by atoms with van der Waals surface area (Å²) in [5.74, 6) is -1.84. The number of alkyl halides is 8. The molecular weight excluding hydrogens is 653 g/mol. The van der Waals surface area contributed by atoms with Crippen molar-refractivity contribution >= 4 is 35.1 Å². The molecule has 4 aromatic rings. The summed E-state index contributed by atoms with van der Waals surface area (Å²) in [5.41, 5.74) is 0.623. The first-order valence-electron chi connectivity index (χ1n) is 13.3. The molecule has 0 bridgehead atoms. The van der Waals surface area contributed by atoms with Crippen LogP contribution < -0.4 is 0 Å². The smallest absolute Gasteiger partial charge is 0.416 e. The first-order chi connectivity index (χ1) is 21.1. The number of rotatable bonds is 6. The molecule has 0 amide bonds. The third-order valence-electron chi connectivity index (χ3n) is 6.78. The van der Waals surface area contributed by atoms with Gasteiger partial charge < -0.3 is 10.2 Å². The molecule has 2 N–H and O–H groups in total. The molecule has 2 heterocycles. The molecule has 2 saturated carbocycles. The van der Waals surface area contributed by atoms with E-state index < -0.39 is 35.4 Å². The van der Waals surface area contributed by atoms with E-state index in [-0.39, 0.29) is 28.6 Å². The van der Waals surface area contributed by atoms with Crippen molar-refractivity contribution in [2.75, 3.05) is 5.34 Å². The SMILES string of the molecule is ClCCl.O=C(O)c1cc(C2CC2)n(-c2ccc(C(F)(F)F)cc2)n1.O=C(O)c1cc(C2CC2)n(-c2ccc(C(F)(F)F)cc2)n1. The molecule has 0 atom stereocenters. The summed E-state index contributed by atoms with van der Waals surface area (Å²) in [7, 11) is 0. The highest BCUT2D eigenvalue weighted by atomic mass is 35.5. The van der Waals surface area contributed by atoms with E-state index in [1.165, 1.54) is 45.8 Å². The van der Waals surface area contributed by atoms with Crippen LogP contribution in [0.15, 0.2) is 60.7 Å². The minimum atomic E-state index is -4.39. The van der Waals surface area contributed by atoms with E-state index in [0.717, 1.165) is 61.3 Å². The fraction of sp³-hybridized carbons (Fsp3) is 0.310. The zero-order valence-corrected chi connectivity index (χ0v) is 24.5. The van der Waals surface area contributed by atoms with Crippen LogP contribution in [0.25, 0.3) is 11.4 Å². The molecule has 45 heavy (non-hydrogen) atoms. The van der Waals surface area contributed by atoms with E-state index in [1.807, 2.05) is 0 Å². The molecule has 0 saturated heterocycles. The fourth-order valence-electron chi connectivity index (χ4n) is 4.34. The summed E-state index contributed by atoms with van der Waals surface area (Å²) in [6.07, 6.45) is -5.05. The lowest BCUT2D eigenvalue weighted by molar-refractivity contribution is -0.138. The minimum absolute atomic E-state index is 0.100. The maximum Gasteiger partial charge on any atom is 0.416 e. The van der Waals surface area contributed by atoms with Gasteiger partial charge in [0.1, 0.15) is 0 Å². The van der Waals surface area contributed by atoms with Gasteiger partial charge in [0, 0.05) is 23.2 Å². The average molecular weight is 677 g/mol. The second kappa shape index (κ2) is 13.5. The lowest BCUT2D eigenvalue weighted by Crippen LogP contribution is -2.07. The number of carboxylic acid groups (broad SMARTS) is 2. The monoisotopic (exact) mass is 676 g/mol. The van der Waals surface area contributed by atoms with Crippen molar-refractivity contribution in [2.45, 2.75) is 49.9 Å². The van der Waals surface area contributed by atoms with Gasteiger partial charge in [-0.2, -0.15) is 36.5 Å². The van der Waals surface area contributed by atoms with Crippen LogP contribution in [-0.2, 0) is 12.4 Å². The second-order valence-electron chi connectivity index (χ2n) is 10.1. The van der Waals surface area contributed by atoms with Crippen LogP contribution in [0.4, 0.5) is 26.3 Å². The molecule has 6 rings (SSSR count). The highest BCUT2D eigenvalue weighted by Gasteiger charge is 2.33. The summed E-state index contributed by atoms with van der Waals surface area (Å²) in [4.78, 5) is 22.0. The van der Waals surface area contributed by atoms with E-state index >= 15 is 0 Å². The van der Waals surface area contributed by atoms with Crippen molar-refractivity contribution in [3.63, 3.8) is 0 Å². The van der Waals surface area contributed by atoms with E-state index in [4.69, 9.17) is 33.4 Å². The molecular formula is C29H24Cl2F6N4O4. The predicted octanol–water partition coefficient (Wildman–Crippen LogP) is 8.35. The Labute approximate surface area is 261 Å². The maximum absolute atomic E-state index is 12.5. The van der Waals surface area contributed by atoms with E-state index in [9.17, 15) is 35.9 Å². The molecule has 8 nitrogen and oxygen atoms in total. The number of hydrogen-bond donors (Lipinski definition) is 2. The summed E-state index contributed by atoms with van der Waals surface area (Å²) < 4.78 is 78.1. The van der Waals surface area contributed by atoms with Crippen LogP contribution in [0.5, 0.6) is 0 Å². The molecule has 0 aliphatic heterocycles. The average Bonchev–Trinajstić information content (AvgIpc) is 3.91. The lowest BCUT2D eigenvalue weighted by atomic mass is 10.2. The van der Waals surface area contributed by atoms with Crippen LogP contribution in [0.1, 0.15) is 81.0 Å². The van der Waals surface area contributed by atoms with Gasteiger partial charge in [-0.25, -0.2) is 19.0 Å². The van der Waals surface area contributed by atoms with Gasteiger partial charge in [0.25, 0.3) is 0 Å². The molecule has 240 valence electrons. The summed E-state index contributed by atoms with van der Waals surface area (Å²) in [5, 5.41) is 26.1. The van der Waals surface area contributed by atoms with Gasteiger partial charge in [0.15, 0.2) is 11.4 Å².